The Morgan fingerprint density at radius 3 is 2.53 bits per heavy atom. The molecule has 19 heavy (non-hydrogen) atoms. The Balaban J connectivity index is 1.87. The van der Waals surface area contributed by atoms with Crippen molar-refractivity contribution in [2.45, 2.75) is 32.1 Å². The first-order chi connectivity index (χ1) is 9.16. The Morgan fingerprint density at radius 2 is 1.89 bits per heavy atom. The van der Waals surface area contributed by atoms with Gasteiger partial charge in [-0.1, -0.05) is 12.8 Å². The Labute approximate surface area is 113 Å². The van der Waals surface area contributed by atoms with Crippen LogP contribution in [0.2, 0.25) is 0 Å². The number of benzene rings is 1. The number of ketones is 1. The van der Waals surface area contributed by atoms with Crippen LogP contribution in [-0.2, 0) is 0 Å². The molecule has 1 fully saturated rings. The molecule has 0 atom stereocenters. The minimum atomic E-state index is -0.468. The van der Waals surface area contributed by atoms with E-state index in [2.05, 4.69) is 4.90 Å². The minimum absolute atomic E-state index is 0.0379. The molecule has 0 spiro atoms. The molecule has 0 amide bonds. The molecular weight excluding hydrogens is 243 g/mol. The molecular formula is C15H21FN2O. The molecule has 0 unspecified atom stereocenters. The summed E-state index contributed by atoms with van der Waals surface area (Å²) in [4.78, 5) is 14.4. The lowest BCUT2D eigenvalue weighted by Gasteiger charge is -2.19. The minimum Gasteiger partial charge on any atom is -0.396 e. The van der Waals surface area contributed by atoms with Gasteiger partial charge in [-0.2, -0.15) is 0 Å². The van der Waals surface area contributed by atoms with Crippen LogP contribution in [-0.4, -0.2) is 30.3 Å². The lowest BCUT2D eigenvalue weighted by molar-refractivity contribution is 0.0965. The van der Waals surface area contributed by atoms with Crippen molar-refractivity contribution >= 4 is 11.5 Å². The number of halogens is 1. The number of rotatable bonds is 4. The van der Waals surface area contributed by atoms with Gasteiger partial charge in [-0.15, -0.1) is 0 Å². The molecule has 0 aromatic heterocycles. The molecule has 1 heterocycles. The summed E-state index contributed by atoms with van der Waals surface area (Å²) in [5, 5.41) is 0. The third-order valence-electron chi connectivity index (χ3n) is 3.67. The van der Waals surface area contributed by atoms with Crippen molar-refractivity contribution in [1.29, 1.82) is 0 Å². The van der Waals surface area contributed by atoms with Crippen molar-refractivity contribution in [1.82, 2.24) is 4.90 Å². The maximum Gasteiger partial charge on any atom is 0.164 e. The number of hydrogen-bond acceptors (Lipinski definition) is 3. The number of Topliss-reactive ketones (excluding diaryl/α,β-unsaturated/α-hetero) is 1. The summed E-state index contributed by atoms with van der Waals surface area (Å²) in [5.74, 6) is -0.431. The highest BCUT2D eigenvalue weighted by Crippen LogP contribution is 2.15. The van der Waals surface area contributed by atoms with Gasteiger partial charge in [-0.3, -0.25) is 4.79 Å². The topological polar surface area (TPSA) is 46.3 Å². The third-order valence-corrected chi connectivity index (χ3v) is 3.67. The van der Waals surface area contributed by atoms with E-state index in [-0.39, 0.29) is 11.5 Å². The van der Waals surface area contributed by atoms with Crippen LogP contribution in [0.3, 0.4) is 0 Å². The van der Waals surface area contributed by atoms with Crippen molar-refractivity contribution < 1.29 is 9.18 Å². The van der Waals surface area contributed by atoms with Gasteiger partial charge in [0.2, 0.25) is 0 Å². The predicted molar refractivity (Wildman–Crippen MR) is 74.7 cm³/mol. The zero-order valence-electron chi connectivity index (χ0n) is 11.2. The molecule has 4 heteroatoms. The van der Waals surface area contributed by atoms with E-state index < -0.39 is 5.82 Å². The highest BCUT2D eigenvalue weighted by molar-refractivity contribution is 5.96. The second-order valence-corrected chi connectivity index (χ2v) is 5.17. The molecule has 104 valence electrons. The van der Waals surface area contributed by atoms with Crippen molar-refractivity contribution in [3.8, 4) is 0 Å². The molecule has 2 N–H and O–H groups in total. The van der Waals surface area contributed by atoms with Gasteiger partial charge in [-0.25, -0.2) is 4.39 Å². The normalized spacial score (nSPS) is 17.1. The fourth-order valence-electron chi connectivity index (χ4n) is 2.48. The molecule has 3 nitrogen and oxygen atoms in total. The van der Waals surface area contributed by atoms with E-state index in [4.69, 9.17) is 5.73 Å². The first-order valence-corrected chi connectivity index (χ1v) is 6.97. The van der Waals surface area contributed by atoms with Gasteiger partial charge >= 0.3 is 0 Å². The second-order valence-electron chi connectivity index (χ2n) is 5.17. The fourth-order valence-corrected chi connectivity index (χ4v) is 2.48. The van der Waals surface area contributed by atoms with Crippen LogP contribution in [0.4, 0.5) is 10.1 Å². The molecule has 1 saturated heterocycles. The van der Waals surface area contributed by atoms with E-state index in [0.29, 0.717) is 12.0 Å². The highest BCUT2D eigenvalue weighted by Gasteiger charge is 2.13. The van der Waals surface area contributed by atoms with E-state index >= 15 is 0 Å². The Hall–Kier alpha value is -1.42. The summed E-state index contributed by atoms with van der Waals surface area (Å²) in [6.45, 7) is 2.95. The van der Waals surface area contributed by atoms with Crippen LogP contribution in [0.25, 0.3) is 0 Å². The molecule has 0 bridgehead atoms. The zero-order chi connectivity index (χ0) is 13.7. The maximum absolute atomic E-state index is 13.0. The van der Waals surface area contributed by atoms with E-state index in [1.54, 1.807) is 0 Å². The van der Waals surface area contributed by atoms with Gasteiger partial charge in [-0.05, 0) is 44.1 Å². The largest absolute Gasteiger partial charge is 0.396 e. The SMILES string of the molecule is Nc1cc(C(=O)CCN2CCCCCC2)ccc1F. The number of hydrogen-bond donors (Lipinski definition) is 1. The van der Waals surface area contributed by atoms with E-state index in [9.17, 15) is 9.18 Å². The lowest BCUT2D eigenvalue weighted by atomic mass is 10.1. The number of nitrogens with zero attached hydrogens (tertiary/aromatic N) is 1. The molecule has 1 aliphatic rings. The molecule has 2 rings (SSSR count). The number of likely N-dealkylation sites (tertiary alicyclic amines) is 1. The molecule has 0 radical (unpaired) electrons. The standard InChI is InChI=1S/C15H21FN2O/c16-13-6-5-12(11-14(13)17)15(19)7-10-18-8-3-1-2-4-9-18/h5-6,11H,1-4,7-10,17H2. The average molecular weight is 264 g/mol. The Morgan fingerprint density at radius 1 is 1.21 bits per heavy atom. The van der Waals surface area contributed by atoms with Crippen LogP contribution >= 0.6 is 0 Å². The predicted octanol–water partition coefficient (Wildman–Crippen LogP) is 2.86. The van der Waals surface area contributed by atoms with Gasteiger partial charge in [0, 0.05) is 18.5 Å². The number of nitrogens with two attached hydrogens (primary N) is 1. The van der Waals surface area contributed by atoms with Crippen LogP contribution in [0.5, 0.6) is 0 Å². The summed E-state index contributed by atoms with van der Waals surface area (Å²) in [7, 11) is 0. The second kappa shape index (κ2) is 6.66. The molecule has 1 aliphatic heterocycles. The van der Waals surface area contributed by atoms with Crippen molar-refractivity contribution in [2.75, 3.05) is 25.4 Å². The van der Waals surface area contributed by atoms with E-state index in [0.717, 1.165) is 19.6 Å². The molecule has 1 aromatic carbocycles. The third kappa shape index (κ3) is 4.03. The quantitative estimate of drug-likeness (QED) is 0.672. The Kier molecular flexibility index (Phi) is 4.91. The van der Waals surface area contributed by atoms with Gasteiger partial charge in [0.25, 0.3) is 0 Å². The van der Waals surface area contributed by atoms with Gasteiger partial charge in [0.05, 0.1) is 5.69 Å². The smallest absolute Gasteiger partial charge is 0.164 e. The number of anilines is 1. The monoisotopic (exact) mass is 264 g/mol. The summed E-state index contributed by atoms with van der Waals surface area (Å²) in [6, 6.07) is 4.20. The average Bonchev–Trinajstić information content (AvgIpc) is 2.67. The maximum atomic E-state index is 13.0. The number of carbonyl (C=O) groups is 1. The van der Waals surface area contributed by atoms with Crippen molar-refractivity contribution in [2.24, 2.45) is 0 Å². The molecule has 0 saturated carbocycles. The highest BCUT2D eigenvalue weighted by atomic mass is 19.1. The van der Waals surface area contributed by atoms with Crippen LogP contribution < -0.4 is 5.73 Å². The Bertz CT molecular complexity index is 440. The van der Waals surface area contributed by atoms with Crippen LogP contribution in [0.1, 0.15) is 42.5 Å². The van der Waals surface area contributed by atoms with Gasteiger partial charge in [0.15, 0.2) is 5.78 Å². The first kappa shape index (κ1) is 14.0. The van der Waals surface area contributed by atoms with Crippen LogP contribution in [0, 0.1) is 5.82 Å². The van der Waals surface area contributed by atoms with Gasteiger partial charge < -0.3 is 10.6 Å². The van der Waals surface area contributed by atoms with Crippen molar-refractivity contribution in [3.63, 3.8) is 0 Å². The lowest BCUT2D eigenvalue weighted by Crippen LogP contribution is -2.27. The summed E-state index contributed by atoms with van der Waals surface area (Å²) < 4.78 is 13.0. The zero-order valence-corrected chi connectivity index (χ0v) is 11.2. The summed E-state index contributed by atoms with van der Waals surface area (Å²) in [6.07, 6.45) is 5.50. The van der Waals surface area contributed by atoms with Crippen molar-refractivity contribution in [3.05, 3.63) is 29.6 Å². The molecule has 0 aliphatic carbocycles. The van der Waals surface area contributed by atoms with E-state index in [1.165, 1.54) is 43.9 Å². The molecule has 1 aromatic rings. The summed E-state index contributed by atoms with van der Waals surface area (Å²) >= 11 is 0. The van der Waals surface area contributed by atoms with Crippen LogP contribution in [0.15, 0.2) is 18.2 Å². The fraction of sp³-hybridized carbons (Fsp3) is 0.533. The van der Waals surface area contributed by atoms with Gasteiger partial charge in [0.1, 0.15) is 5.82 Å². The number of carbonyl (C=O) groups excluding carboxylic acids is 1. The summed E-state index contributed by atoms with van der Waals surface area (Å²) in [5.41, 5.74) is 6.03. The van der Waals surface area contributed by atoms with E-state index in [1.807, 2.05) is 0 Å². The first-order valence-electron chi connectivity index (χ1n) is 6.97. The number of nitrogen functional groups attached to an aromatic ring is 1.